The fourth-order valence-corrected chi connectivity index (χ4v) is 3.20. The lowest BCUT2D eigenvalue weighted by Gasteiger charge is -2.08. The normalized spacial score (nSPS) is 18.2. The van der Waals surface area contributed by atoms with Crippen LogP contribution in [0.5, 0.6) is 0 Å². The second kappa shape index (κ2) is 5.13. The SMILES string of the molecule is COC(=O)C[C@@H]1N=C(C)c2c(sc(C)c2C)NC1=O. The average Bonchev–Trinajstić information content (AvgIpc) is 2.56. The number of fused-ring (bicyclic) bond motifs is 1. The van der Waals surface area contributed by atoms with E-state index in [4.69, 9.17) is 0 Å². The third-order valence-electron chi connectivity index (χ3n) is 3.22. The van der Waals surface area contributed by atoms with Crippen LogP contribution in [0.25, 0.3) is 0 Å². The van der Waals surface area contributed by atoms with Gasteiger partial charge >= 0.3 is 5.97 Å². The summed E-state index contributed by atoms with van der Waals surface area (Å²) in [5, 5.41) is 3.66. The summed E-state index contributed by atoms with van der Waals surface area (Å²) >= 11 is 1.54. The van der Waals surface area contributed by atoms with Gasteiger partial charge < -0.3 is 10.1 Å². The fraction of sp³-hybridized carbons (Fsp3) is 0.462. The Hall–Kier alpha value is -1.69. The lowest BCUT2D eigenvalue weighted by Crippen LogP contribution is -2.28. The van der Waals surface area contributed by atoms with Crippen LogP contribution in [0.3, 0.4) is 0 Å². The van der Waals surface area contributed by atoms with Crippen LogP contribution in [0, 0.1) is 13.8 Å². The quantitative estimate of drug-likeness (QED) is 0.843. The summed E-state index contributed by atoms with van der Waals surface area (Å²) in [6.45, 7) is 5.89. The summed E-state index contributed by atoms with van der Waals surface area (Å²) in [6.07, 6.45) is -0.0351. The highest BCUT2D eigenvalue weighted by molar-refractivity contribution is 7.16. The third kappa shape index (κ3) is 2.53. The molecule has 0 bridgehead atoms. The van der Waals surface area contributed by atoms with Gasteiger partial charge in [0, 0.05) is 16.2 Å². The smallest absolute Gasteiger partial charge is 0.308 e. The summed E-state index contributed by atoms with van der Waals surface area (Å²) in [6, 6.07) is -0.716. The van der Waals surface area contributed by atoms with E-state index in [1.807, 2.05) is 20.8 Å². The van der Waals surface area contributed by atoms with Crippen LogP contribution in [-0.4, -0.2) is 30.7 Å². The van der Waals surface area contributed by atoms with Gasteiger partial charge in [0.05, 0.1) is 13.5 Å². The Bertz CT molecular complexity index is 575. The molecule has 1 aliphatic heterocycles. The number of hydrogen-bond acceptors (Lipinski definition) is 5. The van der Waals surface area contributed by atoms with E-state index in [0.29, 0.717) is 0 Å². The van der Waals surface area contributed by atoms with Gasteiger partial charge in [-0.2, -0.15) is 0 Å². The molecule has 0 radical (unpaired) electrons. The lowest BCUT2D eigenvalue weighted by molar-refractivity contribution is -0.142. The van der Waals surface area contributed by atoms with Crippen LogP contribution in [0.4, 0.5) is 5.00 Å². The number of ether oxygens (including phenoxy) is 1. The van der Waals surface area contributed by atoms with E-state index in [-0.39, 0.29) is 12.3 Å². The molecule has 19 heavy (non-hydrogen) atoms. The number of anilines is 1. The Balaban J connectivity index is 2.39. The molecule has 102 valence electrons. The maximum atomic E-state index is 12.1. The molecule has 5 nitrogen and oxygen atoms in total. The highest BCUT2D eigenvalue weighted by atomic mass is 32.1. The molecule has 0 aromatic carbocycles. The average molecular weight is 280 g/mol. The molecule has 0 fully saturated rings. The maximum absolute atomic E-state index is 12.1. The van der Waals surface area contributed by atoms with Crippen molar-refractivity contribution in [2.75, 3.05) is 12.4 Å². The first-order valence-corrected chi connectivity index (χ1v) is 6.78. The fourth-order valence-electron chi connectivity index (χ4n) is 2.08. The zero-order chi connectivity index (χ0) is 14.2. The first kappa shape index (κ1) is 13.7. The highest BCUT2D eigenvalue weighted by Crippen LogP contribution is 2.34. The Kier molecular flexibility index (Phi) is 3.71. The van der Waals surface area contributed by atoms with Crippen molar-refractivity contribution < 1.29 is 14.3 Å². The first-order chi connectivity index (χ1) is 8.93. The predicted octanol–water partition coefficient (Wildman–Crippen LogP) is 2.06. The zero-order valence-electron chi connectivity index (χ0n) is 11.4. The number of rotatable bonds is 2. The number of esters is 1. The molecule has 2 heterocycles. The molecule has 1 amide bonds. The van der Waals surface area contributed by atoms with Gasteiger partial charge in [-0.15, -0.1) is 11.3 Å². The molecule has 2 rings (SSSR count). The van der Waals surface area contributed by atoms with E-state index in [9.17, 15) is 9.59 Å². The second-order valence-corrected chi connectivity index (χ2v) is 5.71. The number of carbonyl (C=O) groups excluding carboxylic acids is 2. The van der Waals surface area contributed by atoms with Crippen molar-refractivity contribution in [1.29, 1.82) is 0 Å². The van der Waals surface area contributed by atoms with Crippen molar-refractivity contribution in [2.24, 2.45) is 4.99 Å². The molecule has 6 heteroatoms. The largest absolute Gasteiger partial charge is 0.469 e. The Morgan fingerprint density at radius 1 is 1.42 bits per heavy atom. The number of methoxy groups -OCH3 is 1. The summed E-state index contributed by atoms with van der Waals surface area (Å²) in [5.74, 6) is -0.695. The van der Waals surface area contributed by atoms with Crippen LogP contribution in [0.1, 0.15) is 29.3 Å². The van der Waals surface area contributed by atoms with Crippen molar-refractivity contribution in [3.8, 4) is 0 Å². The van der Waals surface area contributed by atoms with Crippen LogP contribution >= 0.6 is 11.3 Å². The van der Waals surface area contributed by atoms with Crippen molar-refractivity contribution in [3.05, 3.63) is 16.0 Å². The Morgan fingerprint density at radius 3 is 2.74 bits per heavy atom. The number of nitrogens with one attached hydrogen (secondary N) is 1. The van der Waals surface area contributed by atoms with Gasteiger partial charge in [-0.3, -0.25) is 14.6 Å². The minimum Gasteiger partial charge on any atom is -0.469 e. The number of carbonyl (C=O) groups is 2. The lowest BCUT2D eigenvalue weighted by atomic mass is 10.1. The van der Waals surface area contributed by atoms with Crippen molar-refractivity contribution in [2.45, 2.75) is 33.2 Å². The molecule has 1 aliphatic rings. The molecule has 1 atom stereocenters. The van der Waals surface area contributed by atoms with Crippen molar-refractivity contribution in [3.63, 3.8) is 0 Å². The van der Waals surface area contributed by atoms with E-state index in [2.05, 4.69) is 15.0 Å². The molecule has 0 spiro atoms. The number of nitrogens with zero attached hydrogens (tertiary/aromatic N) is 1. The van der Waals surface area contributed by atoms with Gasteiger partial charge in [-0.25, -0.2) is 0 Å². The van der Waals surface area contributed by atoms with E-state index < -0.39 is 12.0 Å². The molecular weight excluding hydrogens is 264 g/mol. The number of aliphatic imine (C=N–C) groups is 1. The monoisotopic (exact) mass is 280 g/mol. The molecular formula is C13H16N2O3S. The summed E-state index contributed by atoms with van der Waals surface area (Å²) in [7, 11) is 1.30. The minimum absolute atomic E-state index is 0.0351. The number of thiophene rings is 1. The molecule has 1 N–H and O–H groups in total. The topological polar surface area (TPSA) is 67.8 Å². The summed E-state index contributed by atoms with van der Waals surface area (Å²) in [4.78, 5) is 28.9. The van der Waals surface area contributed by atoms with E-state index in [1.165, 1.54) is 18.4 Å². The number of hydrogen-bond donors (Lipinski definition) is 1. The minimum atomic E-state index is -0.716. The maximum Gasteiger partial charge on any atom is 0.308 e. The van der Waals surface area contributed by atoms with E-state index >= 15 is 0 Å². The van der Waals surface area contributed by atoms with Crippen molar-refractivity contribution >= 4 is 33.9 Å². The van der Waals surface area contributed by atoms with Crippen LogP contribution < -0.4 is 5.32 Å². The van der Waals surface area contributed by atoms with Gasteiger partial charge in [0.25, 0.3) is 0 Å². The highest BCUT2D eigenvalue weighted by Gasteiger charge is 2.28. The zero-order valence-corrected chi connectivity index (χ0v) is 12.2. The number of aryl methyl sites for hydroxylation is 1. The molecule has 0 saturated carbocycles. The van der Waals surface area contributed by atoms with Gasteiger partial charge in [-0.1, -0.05) is 0 Å². The van der Waals surface area contributed by atoms with Gasteiger partial charge in [0.2, 0.25) is 5.91 Å². The standard InChI is InChI=1S/C13H16N2O3S/c1-6-8(3)19-13-11(6)7(2)14-9(12(17)15-13)5-10(16)18-4/h9H,5H2,1-4H3,(H,15,17)/t9-/m0/s1. The molecule has 0 saturated heterocycles. The molecule has 1 aromatic rings. The number of amides is 1. The van der Waals surface area contributed by atoms with E-state index in [1.54, 1.807) is 0 Å². The Morgan fingerprint density at radius 2 is 2.11 bits per heavy atom. The summed E-state index contributed by atoms with van der Waals surface area (Å²) in [5.41, 5.74) is 2.88. The second-order valence-electron chi connectivity index (χ2n) is 4.49. The Labute approximate surface area is 115 Å². The summed E-state index contributed by atoms with van der Waals surface area (Å²) < 4.78 is 4.59. The first-order valence-electron chi connectivity index (χ1n) is 5.96. The van der Waals surface area contributed by atoms with Crippen LogP contribution in [-0.2, 0) is 14.3 Å². The van der Waals surface area contributed by atoms with Gasteiger partial charge in [-0.05, 0) is 26.3 Å². The van der Waals surface area contributed by atoms with E-state index in [0.717, 1.165) is 26.7 Å². The van der Waals surface area contributed by atoms with Crippen LogP contribution in [0.2, 0.25) is 0 Å². The van der Waals surface area contributed by atoms with Crippen molar-refractivity contribution in [1.82, 2.24) is 0 Å². The predicted molar refractivity (Wildman–Crippen MR) is 75.1 cm³/mol. The van der Waals surface area contributed by atoms with Gasteiger partial charge in [0.1, 0.15) is 11.0 Å². The molecule has 0 unspecified atom stereocenters. The van der Waals surface area contributed by atoms with Gasteiger partial charge in [0.15, 0.2) is 0 Å². The molecule has 0 aliphatic carbocycles. The van der Waals surface area contributed by atoms with Crippen LogP contribution in [0.15, 0.2) is 4.99 Å². The molecule has 1 aromatic heterocycles. The third-order valence-corrected chi connectivity index (χ3v) is 4.35.